The lowest BCUT2D eigenvalue weighted by Gasteiger charge is -2.08. The Kier molecular flexibility index (Phi) is 3.02. The maximum atomic E-state index is 11.6. The summed E-state index contributed by atoms with van der Waals surface area (Å²) in [6.07, 6.45) is 0. The zero-order valence-corrected chi connectivity index (χ0v) is 9.51. The normalized spacial score (nSPS) is 12.3. The molecule has 2 aromatic heterocycles. The molecule has 15 heavy (non-hydrogen) atoms. The number of nitrogens with zero attached hydrogens (tertiary/aromatic N) is 3. The van der Waals surface area contributed by atoms with E-state index in [-0.39, 0.29) is 11.9 Å². The minimum atomic E-state index is -0.184. The molecular weight excluding hydrogens is 232 g/mol. The van der Waals surface area contributed by atoms with Crippen molar-refractivity contribution in [1.29, 1.82) is 0 Å². The minimum Gasteiger partial charge on any atom is -0.342 e. The van der Waals surface area contributed by atoms with Gasteiger partial charge in [-0.05, 0) is 18.5 Å². The Labute approximate surface area is 94.3 Å². The van der Waals surface area contributed by atoms with Crippen molar-refractivity contribution in [3.8, 4) is 0 Å². The standard InChI is InChI=1S/C8H8N4OS2/c1-5(6-3-15-12-11-6)10-8(13)7-2-14-4-9-7/h2-5H,1H3,(H,10,13). The first-order valence-corrected chi connectivity index (χ1v) is 6.01. The molecule has 0 saturated heterocycles. The maximum Gasteiger partial charge on any atom is 0.271 e. The fourth-order valence-corrected chi connectivity index (χ4v) is 2.11. The first-order chi connectivity index (χ1) is 7.27. The van der Waals surface area contributed by atoms with Gasteiger partial charge in [0.05, 0.1) is 17.2 Å². The molecule has 0 bridgehead atoms. The van der Waals surface area contributed by atoms with E-state index in [0.717, 1.165) is 5.69 Å². The predicted molar refractivity (Wildman–Crippen MR) is 57.9 cm³/mol. The molecule has 0 aliphatic rings. The number of carbonyl (C=O) groups excluding carboxylic acids is 1. The van der Waals surface area contributed by atoms with Crippen molar-refractivity contribution in [2.45, 2.75) is 13.0 Å². The smallest absolute Gasteiger partial charge is 0.271 e. The van der Waals surface area contributed by atoms with Gasteiger partial charge in [-0.2, -0.15) is 0 Å². The molecule has 0 spiro atoms. The first-order valence-electron chi connectivity index (χ1n) is 4.23. The van der Waals surface area contributed by atoms with Crippen molar-refractivity contribution in [2.24, 2.45) is 0 Å². The number of rotatable bonds is 3. The molecule has 5 nitrogen and oxygen atoms in total. The number of thiazole rings is 1. The van der Waals surface area contributed by atoms with E-state index in [1.165, 1.54) is 22.9 Å². The Morgan fingerprint density at radius 1 is 1.53 bits per heavy atom. The average molecular weight is 240 g/mol. The van der Waals surface area contributed by atoms with Gasteiger partial charge in [0.15, 0.2) is 0 Å². The van der Waals surface area contributed by atoms with Gasteiger partial charge in [0.25, 0.3) is 5.91 Å². The molecule has 0 aliphatic heterocycles. The molecule has 0 radical (unpaired) electrons. The molecule has 0 aliphatic carbocycles. The Morgan fingerprint density at radius 2 is 2.40 bits per heavy atom. The molecular formula is C8H8N4OS2. The number of aromatic nitrogens is 3. The molecule has 2 aromatic rings. The summed E-state index contributed by atoms with van der Waals surface area (Å²) in [4.78, 5) is 15.5. The third-order valence-corrected chi connectivity index (χ3v) is 2.94. The Balaban J connectivity index is 2.01. The van der Waals surface area contributed by atoms with E-state index in [4.69, 9.17) is 0 Å². The van der Waals surface area contributed by atoms with Crippen molar-refractivity contribution < 1.29 is 4.79 Å². The van der Waals surface area contributed by atoms with Gasteiger partial charge in [-0.3, -0.25) is 4.79 Å². The van der Waals surface area contributed by atoms with Crippen LogP contribution in [-0.2, 0) is 0 Å². The van der Waals surface area contributed by atoms with Gasteiger partial charge in [-0.25, -0.2) is 4.98 Å². The van der Waals surface area contributed by atoms with Crippen molar-refractivity contribution in [1.82, 2.24) is 19.9 Å². The lowest BCUT2D eigenvalue weighted by molar-refractivity contribution is 0.0935. The second-order valence-electron chi connectivity index (χ2n) is 2.90. The van der Waals surface area contributed by atoms with Gasteiger partial charge in [-0.15, -0.1) is 16.4 Å². The quantitative estimate of drug-likeness (QED) is 0.882. The lowest BCUT2D eigenvalue weighted by atomic mass is 10.2. The first kappa shape index (κ1) is 10.2. The maximum absolute atomic E-state index is 11.6. The molecule has 78 valence electrons. The summed E-state index contributed by atoms with van der Waals surface area (Å²) >= 11 is 2.66. The molecule has 0 saturated carbocycles. The molecule has 1 amide bonds. The molecule has 2 rings (SSSR count). The number of carbonyl (C=O) groups is 1. The highest BCUT2D eigenvalue weighted by Gasteiger charge is 2.14. The van der Waals surface area contributed by atoms with Crippen LogP contribution in [0, 0.1) is 0 Å². The summed E-state index contributed by atoms with van der Waals surface area (Å²) in [6, 6.07) is -0.141. The van der Waals surface area contributed by atoms with Crippen molar-refractivity contribution >= 4 is 28.8 Å². The zero-order valence-electron chi connectivity index (χ0n) is 7.88. The molecule has 0 fully saturated rings. The van der Waals surface area contributed by atoms with Gasteiger partial charge in [-0.1, -0.05) is 4.49 Å². The number of amides is 1. The number of nitrogens with one attached hydrogen (secondary N) is 1. The van der Waals surface area contributed by atoms with Gasteiger partial charge in [0, 0.05) is 10.8 Å². The highest BCUT2D eigenvalue weighted by molar-refractivity contribution is 7.07. The van der Waals surface area contributed by atoms with Crippen LogP contribution >= 0.6 is 22.9 Å². The minimum absolute atomic E-state index is 0.141. The van der Waals surface area contributed by atoms with Crippen LogP contribution in [0.5, 0.6) is 0 Å². The average Bonchev–Trinajstić information content (AvgIpc) is 2.91. The van der Waals surface area contributed by atoms with Crippen LogP contribution in [0.25, 0.3) is 0 Å². The van der Waals surface area contributed by atoms with Crippen LogP contribution in [0.2, 0.25) is 0 Å². The predicted octanol–water partition coefficient (Wildman–Crippen LogP) is 1.49. The van der Waals surface area contributed by atoms with E-state index in [9.17, 15) is 4.79 Å². The summed E-state index contributed by atoms with van der Waals surface area (Å²) in [5.74, 6) is -0.184. The zero-order chi connectivity index (χ0) is 10.7. The van der Waals surface area contributed by atoms with Gasteiger partial charge in [0.1, 0.15) is 5.69 Å². The Morgan fingerprint density at radius 3 is 3.00 bits per heavy atom. The fraction of sp³-hybridized carbons (Fsp3) is 0.250. The summed E-state index contributed by atoms with van der Waals surface area (Å²) in [5, 5.41) is 10.2. The summed E-state index contributed by atoms with van der Waals surface area (Å²) in [5.41, 5.74) is 2.84. The third-order valence-electron chi connectivity index (χ3n) is 1.83. The monoisotopic (exact) mass is 240 g/mol. The highest BCUT2D eigenvalue weighted by Crippen LogP contribution is 2.11. The molecule has 1 atom stereocenters. The van der Waals surface area contributed by atoms with Crippen LogP contribution in [0.4, 0.5) is 0 Å². The van der Waals surface area contributed by atoms with Crippen LogP contribution in [-0.4, -0.2) is 20.5 Å². The fourth-order valence-electron chi connectivity index (χ4n) is 1.03. The van der Waals surface area contributed by atoms with Crippen LogP contribution < -0.4 is 5.32 Å². The van der Waals surface area contributed by atoms with E-state index in [1.807, 2.05) is 12.3 Å². The number of hydrogen-bond donors (Lipinski definition) is 1. The largest absolute Gasteiger partial charge is 0.342 e. The molecule has 2 heterocycles. The Bertz CT molecular complexity index is 425. The lowest BCUT2D eigenvalue weighted by Crippen LogP contribution is -2.27. The third kappa shape index (κ3) is 2.37. The second-order valence-corrected chi connectivity index (χ2v) is 4.23. The van der Waals surface area contributed by atoms with E-state index in [0.29, 0.717) is 5.69 Å². The topological polar surface area (TPSA) is 67.8 Å². The van der Waals surface area contributed by atoms with E-state index in [2.05, 4.69) is 19.9 Å². The Hall–Kier alpha value is -1.34. The van der Waals surface area contributed by atoms with Gasteiger partial charge in [0.2, 0.25) is 0 Å². The number of hydrogen-bond acceptors (Lipinski definition) is 6. The summed E-state index contributed by atoms with van der Waals surface area (Å²) in [6.45, 7) is 1.86. The summed E-state index contributed by atoms with van der Waals surface area (Å²) in [7, 11) is 0. The van der Waals surface area contributed by atoms with Crippen LogP contribution in [0.1, 0.15) is 29.1 Å². The molecule has 0 aromatic carbocycles. The van der Waals surface area contributed by atoms with Crippen molar-refractivity contribution in [3.05, 3.63) is 27.7 Å². The van der Waals surface area contributed by atoms with Gasteiger partial charge >= 0.3 is 0 Å². The van der Waals surface area contributed by atoms with E-state index >= 15 is 0 Å². The van der Waals surface area contributed by atoms with E-state index < -0.39 is 0 Å². The molecule has 1 N–H and O–H groups in total. The second kappa shape index (κ2) is 4.45. The SMILES string of the molecule is CC(NC(=O)c1cscn1)c1csnn1. The van der Waals surface area contributed by atoms with Crippen molar-refractivity contribution in [2.75, 3.05) is 0 Å². The highest BCUT2D eigenvalue weighted by atomic mass is 32.1. The van der Waals surface area contributed by atoms with Gasteiger partial charge < -0.3 is 5.32 Å². The summed E-state index contributed by atoms with van der Waals surface area (Å²) < 4.78 is 3.74. The van der Waals surface area contributed by atoms with Crippen molar-refractivity contribution in [3.63, 3.8) is 0 Å². The van der Waals surface area contributed by atoms with Crippen LogP contribution in [0.3, 0.4) is 0 Å². The molecule has 1 unspecified atom stereocenters. The van der Waals surface area contributed by atoms with E-state index in [1.54, 1.807) is 10.9 Å². The van der Waals surface area contributed by atoms with Crippen LogP contribution in [0.15, 0.2) is 16.3 Å². The molecule has 7 heteroatoms.